The van der Waals surface area contributed by atoms with Gasteiger partial charge in [-0.3, -0.25) is 4.79 Å². The van der Waals surface area contributed by atoms with E-state index < -0.39 is 17.1 Å². The molecule has 3 aromatic rings. The summed E-state index contributed by atoms with van der Waals surface area (Å²) in [6, 6.07) is 19.6. The van der Waals surface area contributed by atoms with E-state index in [1.807, 2.05) is 64.1 Å². The number of carbonyl (C=O) groups excluding carboxylic acids is 2. The molecule has 7 heteroatoms. The molecular weight excluding hydrogens is 464 g/mol. The third-order valence-electron chi connectivity index (χ3n) is 5.81. The zero-order chi connectivity index (χ0) is 25.4. The molecule has 0 aliphatic carbocycles. The zero-order valence-corrected chi connectivity index (χ0v) is 21.1. The SMILES string of the molecule is CCOc1ccc2c(c1)C(N)(c1ccccc1Cl)C(=O)N2Cc1ccc(C(=O)OC(C)(C)C)cc1. The maximum absolute atomic E-state index is 13.9. The number of fused-ring (bicyclic) bond motifs is 1. The van der Waals surface area contributed by atoms with E-state index in [4.69, 9.17) is 26.8 Å². The average Bonchev–Trinajstić information content (AvgIpc) is 3.01. The Kier molecular flexibility index (Phi) is 6.62. The van der Waals surface area contributed by atoms with Crippen molar-refractivity contribution in [2.75, 3.05) is 11.5 Å². The Morgan fingerprint density at radius 1 is 1.03 bits per heavy atom. The van der Waals surface area contributed by atoms with Gasteiger partial charge in [-0.2, -0.15) is 0 Å². The van der Waals surface area contributed by atoms with Crippen molar-refractivity contribution in [1.82, 2.24) is 0 Å². The van der Waals surface area contributed by atoms with E-state index in [-0.39, 0.29) is 12.5 Å². The predicted molar refractivity (Wildman–Crippen MR) is 137 cm³/mol. The van der Waals surface area contributed by atoms with Crippen molar-refractivity contribution >= 4 is 29.2 Å². The second kappa shape index (κ2) is 9.36. The van der Waals surface area contributed by atoms with E-state index in [1.54, 1.807) is 35.2 Å². The Hall–Kier alpha value is -3.35. The van der Waals surface area contributed by atoms with Crippen LogP contribution < -0.4 is 15.4 Å². The highest BCUT2D eigenvalue weighted by Crippen LogP contribution is 2.46. The molecule has 1 atom stereocenters. The van der Waals surface area contributed by atoms with Crippen molar-refractivity contribution < 1.29 is 19.1 Å². The molecule has 182 valence electrons. The molecule has 6 nitrogen and oxygen atoms in total. The number of halogens is 1. The van der Waals surface area contributed by atoms with Crippen LogP contribution in [-0.2, 0) is 21.6 Å². The summed E-state index contributed by atoms with van der Waals surface area (Å²) in [4.78, 5) is 27.9. The number of ether oxygens (including phenoxy) is 2. The fourth-order valence-electron chi connectivity index (χ4n) is 4.22. The largest absolute Gasteiger partial charge is 0.494 e. The molecule has 1 aliphatic rings. The van der Waals surface area contributed by atoms with Gasteiger partial charge in [-0.25, -0.2) is 4.79 Å². The molecule has 35 heavy (non-hydrogen) atoms. The molecule has 0 aromatic heterocycles. The molecule has 0 fully saturated rings. The third kappa shape index (κ3) is 4.77. The molecule has 1 unspecified atom stereocenters. The number of carbonyl (C=O) groups is 2. The van der Waals surface area contributed by atoms with Crippen LogP contribution in [0, 0.1) is 0 Å². The van der Waals surface area contributed by atoms with Crippen LogP contribution in [-0.4, -0.2) is 24.1 Å². The standard InChI is InChI=1S/C28H29ClN2O4/c1-5-34-20-14-15-24-22(16-20)28(30,21-8-6-7-9-23(21)29)26(33)31(24)17-18-10-12-19(13-11-18)25(32)35-27(2,3)4/h6-16H,5,17,30H2,1-4H3. The van der Waals surface area contributed by atoms with Gasteiger partial charge >= 0.3 is 5.97 Å². The van der Waals surface area contributed by atoms with E-state index in [0.29, 0.717) is 39.8 Å². The molecule has 4 rings (SSSR count). The average molecular weight is 493 g/mol. The summed E-state index contributed by atoms with van der Waals surface area (Å²) in [6.07, 6.45) is 0. The molecule has 3 aromatic carbocycles. The van der Waals surface area contributed by atoms with E-state index >= 15 is 0 Å². The van der Waals surface area contributed by atoms with E-state index in [9.17, 15) is 9.59 Å². The van der Waals surface area contributed by atoms with Crippen LogP contribution in [0.15, 0.2) is 66.7 Å². The van der Waals surface area contributed by atoms with Gasteiger partial charge in [-0.05, 0) is 69.7 Å². The van der Waals surface area contributed by atoms with Gasteiger partial charge in [-0.15, -0.1) is 0 Å². The molecule has 0 saturated heterocycles. The monoisotopic (exact) mass is 492 g/mol. The number of hydrogen-bond donors (Lipinski definition) is 1. The van der Waals surface area contributed by atoms with Crippen molar-refractivity contribution in [1.29, 1.82) is 0 Å². The van der Waals surface area contributed by atoms with Crippen LogP contribution >= 0.6 is 11.6 Å². The number of anilines is 1. The number of rotatable bonds is 6. The summed E-state index contributed by atoms with van der Waals surface area (Å²) < 4.78 is 11.1. The van der Waals surface area contributed by atoms with Crippen LogP contribution in [0.2, 0.25) is 5.02 Å². The number of nitrogens with two attached hydrogens (primary N) is 1. The topological polar surface area (TPSA) is 81.9 Å². The fourth-order valence-corrected chi connectivity index (χ4v) is 4.51. The van der Waals surface area contributed by atoms with Crippen LogP contribution in [0.5, 0.6) is 5.75 Å². The maximum Gasteiger partial charge on any atom is 0.338 e. The highest BCUT2D eigenvalue weighted by molar-refractivity contribution is 6.32. The second-order valence-electron chi connectivity index (χ2n) is 9.49. The van der Waals surface area contributed by atoms with Crippen molar-refractivity contribution in [3.63, 3.8) is 0 Å². The maximum atomic E-state index is 13.9. The summed E-state index contributed by atoms with van der Waals surface area (Å²) in [5.74, 6) is -0.0512. The number of hydrogen-bond acceptors (Lipinski definition) is 5. The third-order valence-corrected chi connectivity index (χ3v) is 6.13. The lowest BCUT2D eigenvalue weighted by molar-refractivity contribution is -0.121. The molecular formula is C28H29ClN2O4. The first kappa shape index (κ1) is 24.8. The van der Waals surface area contributed by atoms with Gasteiger partial charge in [-0.1, -0.05) is 41.9 Å². The number of esters is 1. The molecule has 0 bridgehead atoms. The first-order valence-corrected chi connectivity index (χ1v) is 11.9. The molecule has 1 aliphatic heterocycles. The van der Waals surface area contributed by atoms with Gasteiger partial charge in [0.1, 0.15) is 11.4 Å². The Bertz CT molecular complexity index is 1270. The van der Waals surface area contributed by atoms with E-state index in [0.717, 1.165) is 5.56 Å². The van der Waals surface area contributed by atoms with E-state index in [2.05, 4.69) is 0 Å². The summed E-state index contributed by atoms with van der Waals surface area (Å²) >= 11 is 6.50. The first-order valence-electron chi connectivity index (χ1n) is 11.5. The predicted octanol–water partition coefficient (Wildman–Crippen LogP) is 5.44. The van der Waals surface area contributed by atoms with Crippen molar-refractivity contribution in [3.8, 4) is 5.75 Å². The molecule has 0 spiro atoms. The smallest absolute Gasteiger partial charge is 0.338 e. The molecule has 0 radical (unpaired) electrons. The minimum absolute atomic E-state index is 0.276. The van der Waals surface area contributed by atoms with E-state index in [1.165, 1.54) is 0 Å². The van der Waals surface area contributed by atoms with Crippen LogP contribution in [0.4, 0.5) is 5.69 Å². The van der Waals surface area contributed by atoms with Crippen LogP contribution in [0.3, 0.4) is 0 Å². The number of amides is 1. The van der Waals surface area contributed by atoms with Gasteiger partial charge in [0, 0.05) is 16.1 Å². The Labute approximate surface area is 210 Å². The van der Waals surface area contributed by atoms with Crippen LogP contribution in [0.1, 0.15) is 54.7 Å². The molecule has 2 N–H and O–H groups in total. The zero-order valence-electron chi connectivity index (χ0n) is 20.3. The van der Waals surface area contributed by atoms with Crippen LogP contribution in [0.25, 0.3) is 0 Å². The lowest BCUT2D eigenvalue weighted by Crippen LogP contribution is -2.48. The molecule has 1 heterocycles. The minimum atomic E-state index is -1.46. The normalized spacial score (nSPS) is 17.3. The highest BCUT2D eigenvalue weighted by Gasteiger charge is 2.50. The van der Waals surface area contributed by atoms with Gasteiger partial charge in [0.2, 0.25) is 0 Å². The lowest BCUT2D eigenvalue weighted by atomic mass is 9.85. The van der Waals surface area contributed by atoms with Gasteiger partial charge in [0.25, 0.3) is 5.91 Å². The fraction of sp³-hybridized carbons (Fsp3) is 0.286. The Morgan fingerprint density at radius 2 is 1.71 bits per heavy atom. The van der Waals surface area contributed by atoms with Crippen molar-refractivity contribution in [2.45, 2.75) is 45.4 Å². The molecule has 1 amide bonds. The highest BCUT2D eigenvalue weighted by atomic mass is 35.5. The lowest BCUT2D eigenvalue weighted by Gasteiger charge is -2.26. The second-order valence-corrected chi connectivity index (χ2v) is 9.90. The van der Waals surface area contributed by atoms with Gasteiger partial charge in [0.05, 0.1) is 24.4 Å². The Morgan fingerprint density at radius 3 is 2.34 bits per heavy atom. The molecule has 0 saturated carbocycles. The summed E-state index contributed by atoms with van der Waals surface area (Å²) in [5, 5.41) is 0.416. The number of benzene rings is 3. The van der Waals surface area contributed by atoms with Gasteiger partial charge < -0.3 is 20.1 Å². The Balaban J connectivity index is 1.70. The minimum Gasteiger partial charge on any atom is -0.494 e. The summed E-state index contributed by atoms with van der Waals surface area (Å²) in [5.41, 5.74) is 7.98. The summed E-state index contributed by atoms with van der Waals surface area (Å²) in [6.45, 7) is 8.14. The summed E-state index contributed by atoms with van der Waals surface area (Å²) in [7, 11) is 0. The van der Waals surface area contributed by atoms with Gasteiger partial charge in [0.15, 0.2) is 5.54 Å². The van der Waals surface area contributed by atoms with Crippen molar-refractivity contribution in [3.05, 3.63) is 94.0 Å². The van der Waals surface area contributed by atoms with Crippen molar-refractivity contribution in [2.24, 2.45) is 5.73 Å². The quantitative estimate of drug-likeness (QED) is 0.463. The first-order chi connectivity index (χ1) is 16.5. The number of nitrogens with zero attached hydrogens (tertiary/aromatic N) is 1.